The van der Waals surface area contributed by atoms with Gasteiger partial charge in [0.1, 0.15) is 16.9 Å². The van der Waals surface area contributed by atoms with E-state index in [0.717, 1.165) is 0 Å². The normalized spacial score (nSPS) is 14.9. The highest BCUT2D eigenvalue weighted by atomic mass is 79.9. The van der Waals surface area contributed by atoms with E-state index in [1.807, 2.05) is 0 Å². The average molecular weight is 433 g/mol. The van der Waals surface area contributed by atoms with E-state index in [9.17, 15) is 19.5 Å². The number of fused-ring (bicyclic) bond motifs is 1. The van der Waals surface area contributed by atoms with Crippen LogP contribution in [0.1, 0.15) is 24.2 Å². The van der Waals surface area contributed by atoms with Gasteiger partial charge in [-0.15, -0.1) is 0 Å². The third kappa shape index (κ3) is 3.52. The molecule has 2 aromatic rings. The fourth-order valence-electron chi connectivity index (χ4n) is 2.84. The topological polar surface area (TPSA) is 95.9 Å². The van der Waals surface area contributed by atoms with Crippen molar-refractivity contribution in [2.24, 2.45) is 0 Å². The number of phenols is 1. The number of esters is 1. The average Bonchev–Trinajstić information content (AvgIpc) is 2.62. The second kappa shape index (κ2) is 7.03. The molecular formula is C19H17BrN2O5. The molecule has 2 N–H and O–H groups in total. The van der Waals surface area contributed by atoms with Gasteiger partial charge < -0.3 is 15.2 Å². The number of amides is 2. The second-order valence-electron chi connectivity index (χ2n) is 6.50. The van der Waals surface area contributed by atoms with Crippen LogP contribution in [0.5, 0.6) is 5.75 Å². The Kier molecular flexibility index (Phi) is 4.93. The minimum absolute atomic E-state index is 0.0618. The molecule has 0 bridgehead atoms. The van der Waals surface area contributed by atoms with E-state index in [4.69, 9.17) is 4.74 Å². The van der Waals surface area contributed by atoms with E-state index >= 15 is 0 Å². The Morgan fingerprint density at radius 2 is 1.93 bits per heavy atom. The molecule has 0 aromatic heterocycles. The Morgan fingerprint density at radius 1 is 1.22 bits per heavy atom. The lowest BCUT2D eigenvalue weighted by Gasteiger charge is -2.41. The number of aromatic hydroxyl groups is 1. The first kappa shape index (κ1) is 18.9. The summed E-state index contributed by atoms with van der Waals surface area (Å²) in [6.45, 7) is 2.64. The molecule has 7 nitrogen and oxygen atoms in total. The monoisotopic (exact) mass is 432 g/mol. The summed E-state index contributed by atoms with van der Waals surface area (Å²) in [5.41, 5.74) is -0.191. The molecule has 0 fully saturated rings. The summed E-state index contributed by atoms with van der Waals surface area (Å²) in [6, 6.07) is 11.2. The fraction of sp³-hybridized carbons (Fsp3) is 0.211. The summed E-state index contributed by atoms with van der Waals surface area (Å²) in [5, 5.41) is 12.6. The van der Waals surface area contributed by atoms with Gasteiger partial charge in [-0.25, -0.2) is 4.79 Å². The lowest BCUT2D eigenvalue weighted by atomic mass is 9.96. The van der Waals surface area contributed by atoms with Crippen LogP contribution >= 0.6 is 15.9 Å². The van der Waals surface area contributed by atoms with Gasteiger partial charge in [0.15, 0.2) is 6.61 Å². The summed E-state index contributed by atoms with van der Waals surface area (Å²) in [6.07, 6.45) is 0. The first-order valence-electron chi connectivity index (χ1n) is 8.11. The molecule has 0 aliphatic carbocycles. The van der Waals surface area contributed by atoms with Gasteiger partial charge in [-0.1, -0.05) is 28.1 Å². The van der Waals surface area contributed by atoms with E-state index in [2.05, 4.69) is 21.2 Å². The Bertz CT molecular complexity index is 941. The molecule has 8 heteroatoms. The molecule has 1 heterocycles. The molecule has 0 saturated heterocycles. The molecule has 2 aromatic carbocycles. The summed E-state index contributed by atoms with van der Waals surface area (Å²) in [5.74, 6) is -1.98. The van der Waals surface area contributed by atoms with E-state index < -0.39 is 24.0 Å². The highest BCUT2D eigenvalue weighted by Crippen LogP contribution is 2.36. The third-order valence-electron chi connectivity index (χ3n) is 4.26. The van der Waals surface area contributed by atoms with Gasteiger partial charge in [0.25, 0.3) is 5.91 Å². The standard InChI is InChI=1S/C19H17BrN2O5/c1-19(2)18(26)21-13-5-3-4-6-14(13)22(19)16(24)10-27-17(25)12-9-11(20)7-8-15(12)23/h3-9,23H,10H2,1-2H3,(H,21,26). The number of rotatable bonds is 3. The molecule has 27 heavy (non-hydrogen) atoms. The zero-order valence-corrected chi connectivity index (χ0v) is 16.2. The zero-order chi connectivity index (χ0) is 19.8. The highest BCUT2D eigenvalue weighted by Gasteiger charge is 2.43. The molecule has 0 saturated carbocycles. The quantitative estimate of drug-likeness (QED) is 0.726. The third-order valence-corrected chi connectivity index (χ3v) is 4.76. The summed E-state index contributed by atoms with van der Waals surface area (Å²) in [4.78, 5) is 38.7. The SMILES string of the molecule is CC1(C)C(=O)Nc2ccccc2N1C(=O)COC(=O)c1cc(Br)ccc1O. The number of hydrogen-bond acceptors (Lipinski definition) is 5. The van der Waals surface area contributed by atoms with E-state index in [0.29, 0.717) is 15.8 Å². The van der Waals surface area contributed by atoms with Gasteiger partial charge in [-0.3, -0.25) is 14.5 Å². The number of carbonyl (C=O) groups excluding carboxylic acids is 3. The molecule has 140 valence electrons. The molecule has 0 atom stereocenters. The number of para-hydroxylation sites is 2. The molecule has 0 spiro atoms. The van der Waals surface area contributed by atoms with Crippen molar-refractivity contribution in [1.29, 1.82) is 0 Å². The summed E-state index contributed by atoms with van der Waals surface area (Å²) < 4.78 is 5.66. The number of benzene rings is 2. The maximum absolute atomic E-state index is 12.8. The fourth-order valence-corrected chi connectivity index (χ4v) is 3.20. The smallest absolute Gasteiger partial charge is 0.342 e. The maximum Gasteiger partial charge on any atom is 0.342 e. The highest BCUT2D eigenvalue weighted by molar-refractivity contribution is 9.10. The minimum atomic E-state index is -1.16. The van der Waals surface area contributed by atoms with Crippen LogP contribution in [0.15, 0.2) is 46.9 Å². The minimum Gasteiger partial charge on any atom is -0.507 e. The molecule has 1 aliphatic heterocycles. The van der Waals surface area contributed by atoms with Crippen molar-refractivity contribution >= 4 is 45.1 Å². The predicted octanol–water partition coefficient (Wildman–Crippen LogP) is 3.08. The van der Waals surface area contributed by atoms with Crippen molar-refractivity contribution in [3.05, 3.63) is 52.5 Å². The van der Waals surface area contributed by atoms with Crippen molar-refractivity contribution in [3.63, 3.8) is 0 Å². The maximum atomic E-state index is 12.8. The van der Waals surface area contributed by atoms with Gasteiger partial charge in [0.2, 0.25) is 5.91 Å². The molecular weight excluding hydrogens is 416 g/mol. The van der Waals surface area contributed by atoms with Crippen molar-refractivity contribution in [3.8, 4) is 5.75 Å². The number of ether oxygens (including phenoxy) is 1. The Morgan fingerprint density at radius 3 is 2.67 bits per heavy atom. The van der Waals surface area contributed by atoms with Crippen molar-refractivity contribution in [2.45, 2.75) is 19.4 Å². The van der Waals surface area contributed by atoms with E-state index in [-0.39, 0.29) is 17.2 Å². The predicted molar refractivity (Wildman–Crippen MR) is 103 cm³/mol. The largest absolute Gasteiger partial charge is 0.507 e. The number of nitrogens with one attached hydrogen (secondary N) is 1. The first-order chi connectivity index (χ1) is 12.7. The molecule has 1 aliphatic rings. The Balaban J connectivity index is 1.82. The van der Waals surface area contributed by atoms with E-state index in [1.165, 1.54) is 17.0 Å². The van der Waals surface area contributed by atoms with Crippen LogP contribution in [0.4, 0.5) is 11.4 Å². The lowest BCUT2D eigenvalue weighted by Crippen LogP contribution is -2.59. The van der Waals surface area contributed by atoms with Crippen molar-refractivity contribution < 1.29 is 24.2 Å². The lowest BCUT2D eigenvalue weighted by molar-refractivity contribution is -0.128. The number of phenolic OH excluding ortho intramolecular Hbond substituents is 1. The summed E-state index contributed by atoms with van der Waals surface area (Å²) >= 11 is 3.21. The Hall–Kier alpha value is -2.87. The van der Waals surface area contributed by atoms with Gasteiger partial charge in [-0.05, 0) is 44.2 Å². The van der Waals surface area contributed by atoms with Crippen LogP contribution in [0.3, 0.4) is 0 Å². The molecule has 3 rings (SSSR count). The number of nitrogens with zero attached hydrogens (tertiary/aromatic N) is 1. The first-order valence-corrected chi connectivity index (χ1v) is 8.90. The van der Waals surface area contributed by atoms with Crippen molar-refractivity contribution in [1.82, 2.24) is 0 Å². The van der Waals surface area contributed by atoms with Crippen LogP contribution in [-0.2, 0) is 14.3 Å². The van der Waals surface area contributed by atoms with Crippen LogP contribution in [0.2, 0.25) is 0 Å². The van der Waals surface area contributed by atoms with Gasteiger partial charge >= 0.3 is 5.97 Å². The van der Waals surface area contributed by atoms with Crippen molar-refractivity contribution in [2.75, 3.05) is 16.8 Å². The van der Waals surface area contributed by atoms with Gasteiger partial charge in [0.05, 0.1) is 11.4 Å². The van der Waals surface area contributed by atoms with Crippen LogP contribution in [0.25, 0.3) is 0 Å². The number of halogens is 1. The Labute approximate surface area is 164 Å². The van der Waals surface area contributed by atoms with Crippen LogP contribution < -0.4 is 10.2 Å². The number of anilines is 2. The summed E-state index contributed by atoms with van der Waals surface area (Å²) in [7, 11) is 0. The molecule has 2 amide bonds. The van der Waals surface area contributed by atoms with E-state index in [1.54, 1.807) is 44.2 Å². The second-order valence-corrected chi connectivity index (χ2v) is 7.41. The zero-order valence-electron chi connectivity index (χ0n) is 14.7. The van der Waals surface area contributed by atoms with Gasteiger partial charge in [-0.2, -0.15) is 0 Å². The van der Waals surface area contributed by atoms with Crippen LogP contribution in [0, 0.1) is 0 Å². The molecule has 0 unspecified atom stereocenters. The number of hydrogen-bond donors (Lipinski definition) is 2. The molecule has 0 radical (unpaired) electrons. The van der Waals surface area contributed by atoms with Crippen LogP contribution in [-0.4, -0.2) is 35.0 Å². The van der Waals surface area contributed by atoms with Gasteiger partial charge in [0, 0.05) is 4.47 Å². The number of carbonyl (C=O) groups is 3.